The van der Waals surface area contributed by atoms with Crippen molar-refractivity contribution >= 4 is 5.71 Å². The predicted octanol–water partition coefficient (Wildman–Crippen LogP) is 0.596. The van der Waals surface area contributed by atoms with Crippen LogP contribution in [0.1, 0.15) is 23.6 Å². The van der Waals surface area contributed by atoms with E-state index in [0.29, 0.717) is 29.4 Å². The summed E-state index contributed by atoms with van der Waals surface area (Å²) in [6.07, 6.45) is 0.343. The highest BCUT2D eigenvalue weighted by Crippen LogP contribution is 2.42. The van der Waals surface area contributed by atoms with Crippen LogP contribution in [0.4, 0.5) is 0 Å². The molecule has 0 bridgehead atoms. The normalized spacial score (nSPS) is 16.0. The molecule has 3 rings (SSSR count). The lowest BCUT2D eigenvalue weighted by atomic mass is 9.98. The molecule has 10 heteroatoms. The van der Waals surface area contributed by atoms with Crippen molar-refractivity contribution in [3.05, 3.63) is 44.1 Å². The first kappa shape index (κ1) is 20.3. The molecule has 0 saturated carbocycles. The second kappa shape index (κ2) is 7.53. The number of hydrogen-bond acceptors (Lipinski definition) is 8. The summed E-state index contributed by atoms with van der Waals surface area (Å²) in [7, 11) is 9.13. The molecule has 0 fully saturated rings. The van der Waals surface area contributed by atoms with Gasteiger partial charge in [-0.25, -0.2) is 4.79 Å². The van der Waals surface area contributed by atoms with Crippen molar-refractivity contribution < 1.29 is 19.3 Å². The van der Waals surface area contributed by atoms with Crippen molar-refractivity contribution in [1.82, 2.24) is 14.1 Å². The Kier molecular flexibility index (Phi) is 5.27. The third-order valence-corrected chi connectivity index (χ3v) is 5.11. The zero-order chi connectivity index (χ0) is 21.5. The molecule has 1 aliphatic rings. The number of ether oxygens (including phenoxy) is 3. The number of aromatic hydroxyl groups is 1. The highest BCUT2D eigenvalue weighted by Gasteiger charge is 2.32. The molecule has 0 spiro atoms. The Labute approximate surface area is 167 Å². The van der Waals surface area contributed by atoms with Crippen molar-refractivity contribution in [2.75, 3.05) is 28.4 Å². The number of aromatic nitrogens is 2. The Morgan fingerprint density at radius 3 is 2.10 bits per heavy atom. The summed E-state index contributed by atoms with van der Waals surface area (Å²) in [6.45, 7) is 0. The quantitative estimate of drug-likeness (QED) is 0.777. The van der Waals surface area contributed by atoms with Gasteiger partial charge in [0.15, 0.2) is 11.5 Å². The van der Waals surface area contributed by atoms with Crippen LogP contribution in [0, 0.1) is 0 Å². The van der Waals surface area contributed by atoms with Gasteiger partial charge in [-0.05, 0) is 17.7 Å². The van der Waals surface area contributed by atoms with E-state index in [2.05, 4.69) is 5.10 Å². The van der Waals surface area contributed by atoms with E-state index in [9.17, 15) is 14.7 Å². The van der Waals surface area contributed by atoms with Crippen molar-refractivity contribution in [2.45, 2.75) is 12.5 Å². The van der Waals surface area contributed by atoms with Crippen LogP contribution < -0.4 is 25.5 Å². The number of hydrazone groups is 1. The van der Waals surface area contributed by atoms with Gasteiger partial charge in [0.25, 0.3) is 5.56 Å². The smallest absolute Gasteiger partial charge is 0.333 e. The molecule has 29 heavy (non-hydrogen) atoms. The van der Waals surface area contributed by atoms with Gasteiger partial charge in [-0.15, -0.1) is 0 Å². The van der Waals surface area contributed by atoms with Crippen molar-refractivity contribution in [3.8, 4) is 23.1 Å². The SMILES string of the molecule is COc1cc(C2CC(c3c(O)n(C)c(=O)n(C)c3=O)=NN2C)cc(OC)c1OC. The van der Waals surface area contributed by atoms with Crippen LogP contribution in [-0.4, -0.2) is 53.3 Å². The Morgan fingerprint density at radius 2 is 1.59 bits per heavy atom. The first-order valence-electron chi connectivity index (χ1n) is 8.84. The number of rotatable bonds is 5. The van der Waals surface area contributed by atoms with Gasteiger partial charge >= 0.3 is 5.69 Å². The van der Waals surface area contributed by atoms with E-state index in [4.69, 9.17) is 14.2 Å². The zero-order valence-corrected chi connectivity index (χ0v) is 17.2. The standard InChI is InChI=1S/C19H24N4O6/c1-21-17(24)15(18(25)22(2)19(21)26)11-9-12(23(3)20-11)10-7-13(27-4)16(29-6)14(8-10)28-5/h7-8,12,24H,9H2,1-6H3. The lowest BCUT2D eigenvalue weighted by Gasteiger charge is -2.21. The van der Waals surface area contributed by atoms with Crippen LogP contribution >= 0.6 is 0 Å². The molecule has 2 heterocycles. The van der Waals surface area contributed by atoms with Crippen molar-refractivity contribution in [2.24, 2.45) is 19.2 Å². The van der Waals surface area contributed by atoms with Crippen molar-refractivity contribution in [3.63, 3.8) is 0 Å². The lowest BCUT2D eigenvalue weighted by Crippen LogP contribution is -2.39. The van der Waals surface area contributed by atoms with E-state index >= 15 is 0 Å². The Balaban J connectivity index is 2.06. The Bertz CT molecular complexity index is 1080. The molecule has 2 aromatic rings. The first-order valence-corrected chi connectivity index (χ1v) is 8.84. The highest BCUT2D eigenvalue weighted by molar-refractivity contribution is 6.03. The molecule has 0 aliphatic carbocycles. The molecule has 1 N–H and O–H groups in total. The molecule has 1 atom stereocenters. The number of hydrogen-bond donors (Lipinski definition) is 1. The summed E-state index contributed by atoms with van der Waals surface area (Å²) in [5.74, 6) is 1.08. The van der Waals surface area contributed by atoms with E-state index in [0.717, 1.165) is 14.7 Å². The monoisotopic (exact) mass is 404 g/mol. The van der Waals surface area contributed by atoms with Crippen LogP contribution in [0.3, 0.4) is 0 Å². The van der Waals surface area contributed by atoms with E-state index in [1.165, 1.54) is 35.4 Å². The van der Waals surface area contributed by atoms with E-state index in [1.807, 2.05) is 12.1 Å². The largest absolute Gasteiger partial charge is 0.494 e. The summed E-state index contributed by atoms with van der Waals surface area (Å²) in [6, 6.07) is 3.40. The molecule has 1 unspecified atom stereocenters. The van der Waals surface area contributed by atoms with Crippen LogP contribution in [-0.2, 0) is 14.1 Å². The molecule has 0 radical (unpaired) electrons. The maximum atomic E-state index is 12.6. The van der Waals surface area contributed by atoms with Gasteiger partial charge in [0.1, 0.15) is 5.56 Å². The molecule has 0 amide bonds. The molecule has 1 aliphatic heterocycles. The van der Waals surface area contributed by atoms with E-state index in [1.54, 1.807) is 12.1 Å². The van der Waals surface area contributed by atoms with Gasteiger partial charge in [-0.1, -0.05) is 0 Å². The Hall–Kier alpha value is -3.43. The Morgan fingerprint density at radius 1 is 1.00 bits per heavy atom. The summed E-state index contributed by atoms with van der Waals surface area (Å²) in [4.78, 5) is 24.6. The minimum Gasteiger partial charge on any atom is -0.494 e. The first-order chi connectivity index (χ1) is 13.7. The number of benzene rings is 1. The second-order valence-corrected chi connectivity index (χ2v) is 6.70. The average molecular weight is 404 g/mol. The average Bonchev–Trinajstić information content (AvgIpc) is 3.10. The van der Waals surface area contributed by atoms with Crippen LogP contribution in [0.15, 0.2) is 26.8 Å². The molecular weight excluding hydrogens is 380 g/mol. The van der Waals surface area contributed by atoms with Crippen LogP contribution in [0.2, 0.25) is 0 Å². The van der Waals surface area contributed by atoms with Gasteiger partial charge in [-0.3, -0.25) is 18.9 Å². The molecule has 1 aromatic carbocycles. The molecular formula is C19H24N4O6. The third-order valence-electron chi connectivity index (χ3n) is 5.11. The third kappa shape index (κ3) is 3.20. The maximum absolute atomic E-state index is 12.6. The number of nitrogens with zero attached hydrogens (tertiary/aromatic N) is 4. The summed E-state index contributed by atoms with van der Waals surface area (Å²) in [5, 5.41) is 16.6. The fourth-order valence-corrected chi connectivity index (χ4v) is 3.48. The highest BCUT2D eigenvalue weighted by atomic mass is 16.5. The zero-order valence-electron chi connectivity index (χ0n) is 17.2. The summed E-state index contributed by atoms with van der Waals surface area (Å²) in [5.41, 5.74) is 0.0332. The van der Waals surface area contributed by atoms with Crippen molar-refractivity contribution in [1.29, 1.82) is 0 Å². The van der Waals surface area contributed by atoms with E-state index < -0.39 is 17.1 Å². The second-order valence-electron chi connectivity index (χ2n) is 6.70. The molecule has 1 aromatic heterocycles. The number of methoxy groups -OCH3 is 3. The fraction of sp³-hybridized carbons (Fsp3) is 0.421. The molecule has 0 saturated heterocycles. The fourth-order valence-electron chi connectivity index (χ4n) is 3.48. The van der Waals surface area contributed by atoms with Gasteiger partial charge in [0.2, 0.25) is 11.6 Å². The summed E-state index contributed by atoms with van der Waals surface area (Å²) < 4.78 is 18.2. The van der Waals surface area contributed by atoms with Gasteiger partial charge in [0.05, 0.1) is 33.1 Å². The van der Waals surface area contributed by atoms with Crippen LogP contribution in [0.25, 0.3) is 0 Å². The van der Waals surface area contributed by atoms with Crippen LogP contribution in [0.5, 0.6) is 23.1 Å². The van der Waals surface area contributed by atoms with Gasteiger partial charge < -0.3 is 19.3 Å². The minimum atomic E-state index is -0.607. The topological polar surface area (TPSA) is 108 Å². The summed E-state index contributed by atoms with van der Waals surface area (Å²) >= 11 is 0. The predicted molar refractivity (Wildman–Crippen MR) is 106 cm³/mol. The minimum absolute atomic E-state index is 0.0105. The van der Waals surface area contributed by atoms with Gasteiger partial charge in [-0.2, -0.15) is 5.10 Å². The molecule has 156 valence electrons. The van der Waals surface area contributed by atoms with E-state index in [-0.39, 0.29) is 11.6 Å². The maximum Gasteiger partial charge on any atom is 0.333 e. The molecule has 10 nitrogen and oxygen atoms in total. The van der Waals surface area contributed by atoms with Gasteiger partial charge in [0, 0.05) is 27.6 Å². The lowest BCUT2D eigenvalue weighted by molar-refractivity contribution is 0.284.